The van der Waals surface area contributed by atoms with Crippen LogP contribution in [0.2, 0.25) is 0 Å². The van der Waals surface area contributed by atoms with Crippen molar-refractivity contribution in [3.63, 3.8) is 0 Å². The number of hydrogen-bond acceptors (Lipinski definition) is 4. The highest BCUT2D eigenvalue weighted by atomic mass is 31.2. The Hall–Kier alpha value is -1.26. The van der Waals surface area contributed by atoms with Gasteiger partial charge in [0, 0.05) is 0 Å². The van der Waals surface area contributed by atoms with Crippen LogP contribution in [0.4, 0.5) is 0 Å². The number of fused-ring (bicyclic) bond motifs is 2. The summed E-state index contributed by atoms with van der Waals surface area (Å²) in [6.45, 7) is 0. The quantitative estimate of drug-likeness (QED) is 0.516. The van der Waals surface area contributed by atoms with Gasteiger partial charge in [0.15, 0.2) is 0 Å². The van der Waals surface area contributed by atoms with Gasteiger partial charge in [0.2, 0.25) is 7.87 Å². The van der Waals surface area contributed by atoms with Crippen molar-refractivity contribution in [1.82, 2.24) is 5.09 Å². The number of rotatable bonds is 7. The monoisotopic (exact) mass is 349 g/mol. The minimum atomic E-state index is -3.58. The number of carboxylic acids is 1. The van der Waals surface area contributed by atoms with Gasteiger partial charge in [-0.2, -0.15) is 5.09 Å². The Bertz CT molecular complexity index is 604. The third kappa shape index (κ3) is 3.86. The van der Waals surface area contributed by atoms with Crippen molar-refractivity contribution in [3.05, 3.63) is 42.5 Å². The van der Waals surface area contributed by atoms with Crippen molar-refractivity contribution >= 4 is 19.1 Å². The third-order valence-corrected chi connectivity index (χ3v) is 7.03. The number of nitrogens with one attached hydrogen (secondary N) is 1. The molecular formula is C18H24NO4P. The molecule has 2 saturated carbocycles. The van der Waals surface area contributed by atoms with E-state index in [9.17, 15) is 14.6 Å². The lowest BCUT2D eigenvalue weighted by atomic mass is 9.83. The van der Waals surface area contributed by atoms with E-state index in [-0.39, 0.29) is 12.5 Å². The fraction of sp³-hybridized carbons (Fsp3) is 0.500. The van der Waals surface area contributed by atoms with E-state index in [0.717, 1.165) is 19.3 Å². The molecule has 1 aromatic rings. The van der Waals surface area contributed by atoms with Crippen molar-refractivity contribution < 1.29 is 19.7 Å². The first-order valence-corrected chi connectivity index (χ1v) is 10.2. The molecule has 5 nitrogen and oxygen atoms in total. The first-order valence-electron chi connectivity index (χ1n) is 8.50. The maximum Gasteiger partial charge on any atom is 0.307 e. The number of carboxylic acid groups (broad SMARTS) is 1. The molecule has 5 atom stereocenters. The molecule has 2 fully saturated rings. The number of carbonyl (C=O) groups is 1. The smallest absolute Gasteiger partial charge is 0.307 e. The molecule has 0 aliphatic heterocycles. The molecule has 1 aromatic carbocycles. The average Bonchev–Trinajstić information content (AvgIpc) is 3.14. The van der Waals surface area contributed by atoms with E-state index in [1.165, 1.54) is 6.42 Å². The van der Waals surface area contributed by atoms with Gasteiger partial charge in [0.1, 0.15) is 5.30 Å². The molecule has 130 valence electrons. The molecule has 2 aliphatic carbocycles. The molecule has 0 amide bonds. The number of hydrogen-bond donors (Lipinski definition) is 3. The lowest BCUT2D eigenvalue weighted by molar-refractivity contribution is -0.188. The molecule has 0 radical (unpaired) electrons. The van der Waals surface area contributed by atoms with Crippen LogP contribution in [0.1, 0.15) is 32.1 Å². The van der Waals surface area contributed by atoms with Gasteiger partial charge in [-0.05, 0) is 55.6 Å². The zero-order chi connectivity index (χ0) is 17.2. The zero-order valence-electron chi connectivity index (χ0n) is 13.5. The molecule has 0 saturated heterocycles. The van der Waals surface area contributed by atoms with Crippen LogP contribution >= 0.6 is 7.87 Å². The van der Waals surface area contributed by atoms with Crippen molar-refractivity contribution in [2.45, 2.75) is 38.1 Å². The van der Waals surface area contributed by atoms with Crippen molar-refractivity contribution in [1.29, 1.82) is 0 Å². The lowest BCUT2D eigenvalue weighted by Crippen LogP contribution is -2.46. The Morgan fingerprint density at radius 3 is 2.67 bits per heavy atom. The predicted octanol–water partition coefficient (Wildman–Crippen LogP) is 1.85. The highest BCUT2D eigenvalue weighted by Gasteiger charge is 2.50. The molecule has 2 aliphatic rings. The van der Waals surface area contributed by atoms with Gasteiger partial charge < -0.3 is 10.00 Å². The van der Waals surface area contributed by atoms with Crippen LogP contribution in [0.3, 0.4) is 0 Å². The van der Waals surface area contributed by atoms with Gasteiger partial charge in [0.05, 0.1) is 12.5 Å². The largest absolute Gasteiger partial charge is 0.637 e. The van der Waals surface area contributed by atoms with Crippen LogP contribution in [0, 0.1) is 17.8 Å². The summed E-state index contributed by atoms with van der Waals surface area (Å²) in [4.78, 5) is 33.8. The summed E-state index contributed by atoms with van der Waals surface area (Å²) in [5, 5.41) is 12.2. The Balaban J connectivity index is 1.68. The lowest BCUT2D eigenvalue weighted by Gasteiger charge is -2.35. The van der Waals surface area contributed by atoms with Gasteiger partial charge >= 0.3 is 5.97 Å². The molecule has 24 heavy (non-hydrogen) atoms. The highest BCUT2D eigenvalue weighted by molar-refractivity contribution is 7.69. The minimum Gasteiger partial charge on any atom is -0.637 e. The van der Waals surface area contributed by atoms with Crippen LogP contribution in [-0.2, 0) is 4.79 Å². The van der Waals surface area contributed by atoms with E-state index in [2.05, 4.69) is 5.09 Å². The summed E-state index contributed by atoms with van der Waals surface area (Å²) in [6, 6.07) is 8.76. The normalized spacial score (nSPS) is 31.4. The third-order valence-electron chi connectivity index (χ3n) is 5.39. The van der Waals surface area contributed by atoms with E-state index in [0.29, 0.717) is 23.1 Å². The van der Waals surface area contributed by atoms with Gasteiger partial charge in [-0.25, -0.2) is 4.89 Å². The van der Waals surface area contributed by atoms with Crippen LogP contribution < -0.4 is 15.3 Å². The van der Waals surface area contributed by atoms with Crippen LogP contribution in [0.25, 0.3) is 0 Å². The summed E-state index contributed by atoms with van der Waals surface area (Å²) in [7, 11) is -3.58. The van der Waals surface area contributed by atoms with Gasteiger partial charge in [-0.15, -0.1) is 0 Å². The van der Waals surface area contributed by atoms with E-state index in [1.54, 1.807) is 30.3 Å². The number of allylic oxidation sites excluding steroid dienone is 1. The van der Waals surface area contributed by atoms with Crippen molar-refractivity contribution in [2.75, 3.05) is 0 Å². The molecule has 3 N–H and O–H groups in total. The molecule has 3 rings (SSSR count). The SMILES string of the molecule is O=C(O)C/C=C/CC1C2CCC(C2)C1N[P+]([O-])(O)c1ccccc1. The molecular weight excluding hydrogens is 325 g/mol. The maximum absolute atomic E-state index is 12.8. The van der Waals surface area contributed by atoms with Gasteiger partial charge in [-0.3, -0.25) is 4.79 Å². The van der Waals surface area contributed by atoms with E-state index in [1.807, 2.05) is 12.1 Å². The van der Waals surface area contributed by atoms with E-state index in [4.69, 9.17) is 5.11 Å². The molecule has 0 spiro atoms. The fourth-order valence-electron chi connectivity index (χ4n) is 4.29. The highest BCUT2D eigenvalue weighted by Crippen LogP contribution is 2.53. The van der Waals surface area contributed by atoms with Gasteiger partial charge in [-0.1, -0.05) is 30.4 Å². The molecule has 0 aromatic heterocycles. The number of aliphatic carboxylic acids is 1. The molecule has 2 bridgehead atoms. The van der Waals surface area contributed by atoms with Gasteiger partial charge in [0.25, 0.3) is 0 Å². The van der Waals surface area contributed by atoms with E-state index < -0.39 is 13.8 Å². The Morgan fingerprint density at radius 2 is 1.96 bits per heavy atom. The second-order valence-corrected chi connectivity index (χ2v) is 8.80. The fourth-order valence-corrected chi connectivity index (χ4v) is 5.83. The molecule has 0 heterocycles. The number of benzene rings is 1. The maximum atomic E-state index is 12.8. The van der Waals surface area contributed by atoms with Crippen LogP contribution in [0.5, 0.6) is 0 Å². The Morgan fingerprint density at radius 1 is 1.25 bits per heavy atom. The molecule has 5 unspecified atom stereocenters. The average molecular weight is 349 g/mol. The predicted molar refractivity (Wildman–Crippen MR) is 92.5 cm³/mol. The minimum absolute atomic E-state index is 0.0225. The summed E-state index contributed by atoms with van der Waals surface area (Å²) < 4.78 is 0. The second-order valence-electron chi connectivity index (χ2n) is 6.87. The van der Waals surface area contributed by atoms with Crippen molar-refractivity contribution in [2.24, 2.45) is 17.8 Å². The topological polar surface area (TPSA) is 92.6 Å². The molecule has 6 heteroatoms. The Kier molecular flexibility index (Phi) is 5.36. The summed E-state index contributed by atoms with van der Waals surface area (Å²) in [6.07, 6.45) is 7.76. The second kappa shape index (κ2) is 7.32. The summed E-state index contributed by atoms with van der Waals surface area (Å²) in [5.41, 5.74) is 0. The first-order chi connectivity index (χ1) is 11.5. The summed E-state index contributed by atoms with van der Waals surface area (Å²) in [5.74, 6) is 0.477. The summed E-state index contributed by atoms with van der Waals surface area (Å²) >= 11 is 0. The first kappa shape index (κ1) is 17.6. The Labute approximate surface area is 143 Å². The standard InChI is InChI=1S/C18H24NO4P/c20-17(21)9-5-4-8-16-13-10-11-14(12-13)18(16)19-24(22,23)15-6-2-1-3-7-15/h1-7,13-14,16,18H,8-12H2,(H,20,21)(H2,19,22,23)/b5-4+. The van der Waals surface area contributed by atoms with Crippen molar-refractivity contribution in [3.8, 4) is 0 Å². The van der Waals surface area contributed by atoms with E-state index >= 15 is 0 Å². The van der Waals surface area contributed by atoms with Crippen LogP contribution in [0.15, 0.2) is 42.5 Å². The zero-order valence-corrected chi connectivity index (χ0v) is 14.4. The van der Waals surface area contributed by atoms with Crippen LogP contribution in [-0.4, -0.2) is 22.0 Å².